The maximum atomic E-state index is 10.6. The van der Waals surface area contributed by atoms with Crippen molar-refractivity contribution in [3.8, 4) is 5.88 Å². The second-order valence-corrected chi connectivity index (χ2v) is 5.52. The van der Waals surface area contributed by atoms with Gasteiger partial charge in [-0.15, -0.1) is 0 Å². The lowest BCUT2D eigenvalue weighted by Crippen LogP contribution is -2.25. The Morgan fingerprint density at radius 1 is 1.35 bits per heavy atom. The van der Waals surface area contributed by atoms with Gasteiger partial charge in [0.05, 0.1) is 25.3 Å². The first-order chi connectivity index (χ1) is 12.3. The van der Waals surface area contributed by atoms with Crippen LogP contribution >= 0.6 is 0 Å². The number of carboxylic acids is 1. The average Bonchev–Trinajstić information content (AvgIpc) is 3.01. The summed E-state index contributed by atoms with van der Waals surface area (Å²) in [5.41, 5.74) is 3.48. The van der Waals surface area contributed by atoms with Crippen molar-refractivity contribution < 1.29 is 32.2 Å². The van der Waals surface area contributed by atoms with E-state index in [9.17, 15) is 13.2 Å². The molecule has 10 heteroatoms. The molecule has 3 heterocycles. The minimum absolute atomic E-state index is 0.718. The summed E-state index contributed by atoms with van der Waals surface area (Å²) in [6, 6.07) is 2.01. The van der Waals surface area contributed by atoms with Crippen LogP contribution in [-0.4, -0.2) is 52.3 Å². The van der Waals surface area contributed by atoms with Gasteiger partial charge in [-0.1, -0.05) is 0 Å². The lowest BCUT2D eigenvalue weighted by atomic mass is 10.1. The third kappa shape index (κ3) is 5.45. The molecule has 2 aromatic rings. The van der Waals surface area contributed by atoms with Gasteiger partial charge in [-0.2, -0.15) is 13.2 Å². The van der Waals surface area contributed by atoms with Gasteiger partial charge in [0.1, 0.15) is 6.33 Å². The average molecular weight is 373 g/mol. The molecule has 0 saturated heterocycles. The number of ether oxygens (including phenoxy) is 1. The highest BCUT2D eigenvalue weighted by Gasteiger charge is 2.38. The maximum Gasteiger partial charge on any atom is 0.490 e. The highest BCUT2D eigenvalue weighted by molar-refractivity contribution is 5.73. The zero-order valence-electron chi connectivity index (χ0n) is 14.0. The Balaban J connectivity index is 0.000000298. The number of aliphatic carboxylic acids is 1. The predicted octanol–water partition coefficient (Wildman–Crippen LogP) is 2.31. The molecular formula is C16H18F3N3O4. The quantitative estimate of drug-likeness (QED) is 0.883. The molecule has 0 radical (unpaired) electrons. The molecule has 26 heavy (non-hydrogen) atoms. The molecule has 142 valence electrons. The second-order valence-electron chi connectivity index (χ2n) is 5.52. The normalized spacial score (nSPS) is 14.6. The van der Waals surface area contributed by atoms with Crippen molar-refractivity contribution in [1.29, 1.82) is 0 Å². The standard InChI is InChI=1S/C14H17N3O2.C2HF3O2/c1-18-14-12-2-5-17(8-11-4-7-19-9-11)6-3-13(12)15-10-16-14;3-2(4,5)1(6)7/h4,7,9-10H,2-3,5-6,8H2,1H3;(H,6,7). The van der Waals surface area contributed by atoms with Crippen LogP contribution in [-0.2, 0) is 24.2 Å². The number of carbonyl (C=O) groups is 1. The Morgan fingerprint density at radius 3 is 2.62 bits per heavy atom. The lowest BCUT2D eigenvalue weighted by molar-refractivity contribution is -0.192. The third-order valence-electron chi connectivity index (χ3n) is 3.76. The van der Waals surface area contributed by atoms with Crippen molar-refractivity contribution in [3.05, 3.63) is 41.7 Å². The molecule has 0 amide bonds. The molecule has 0 spiro atoms. The number of rotatable bonds is 3. The van der Waals surface area contributed by atoms with Crippen LogP contribution in [0.4, 0.5) is 13.2 Å². The van der Waals surface area contributed by atoms with Crippen molar-refractivity contribution in [1.82, 2.24) is 14.9 Å². The highest BCUT2D eigenvalue weighted by atomic mass is 19.4. The van der Waals surface area contributed by atoms with Crippen LogP contribution < -0.4 is 4.74 Å². The van der Waals surface area contributed by atoms with Crippen molar-refractivity contribution in [2.45, 2.75) is 25.6 Å². The van der Waals surface area contributed by atoms with Crippen molar-refractivity contribution in [2.75, 3.05) is 20.2 Å². The van der Waals surface area contributed by atoms with E-state index in [-0.39, 0.29) is 0 Å². The molecular weight excluding hydrogens is 355 g/mol. The second kappa shape index (κ2) is 8.65. The zero-order valence-corrected chi connectivity index (χ0v) is 14.0. The summed E-state index contributed by atoms with van der Waals surface area (Å²) in [6.07, 6.45) is 1.89. The number of nitrogens with zero attached hydrogens (tertiary/aromatic N) is 3. The van der Waals surface area contributed by atoms with Crippen molar-refractivity contribution in [3.63, 3.8) is 0 Å². The van der Waals surface area contributed by atoms with Gasteiger partial charge < -0.3 is 14.3 Å². The molecule has 0 fully saturated rings. The van der Waals surface area contributed by atoms with E-state index in [1.165, 1.54) is 5.56 Å². The number of alkyl halides is 3. The summed E-state index contributed by atoms with van der Waals surface area (Å²) >= 11 is 0. The number of furan rings is 1. The fourth-order valence-corrected chi connectivity index (χ4v) is 2.52. The third-order valence-corrected chi connectivity index (χ3v) is 3.76. The Morgan fingerprint density at radius 2 is 2.04 bits per heavy atom. The minimum atomic E-state index is -5.08. The van der Waals surface area contributed by atoms with E-state index in [0.29, 0.717) is 0 Å². The van der Waals surface area contributed by atoms with Crippen molar-refractivity contribution in [2.24, 2.45) is 0 Å². The topological polar surface area (TPSA) is 88.7 Å². The summed E-state index contributed by atoms with van der Waals surface area (Å²) in [4.78, 5) is 19.9. The van der Waals surface area contributed by atoms with Gasteiger partial charge in [-0.25, -0.2) is 14.8 Å². The SMILES string of the molecule is COc1ncnc2c1CCN(Cc1ccoc1)CC2.O=C(O)C(F)(F)F. The Kier molecular flexibility index (Phi) is 6.56. The van der Waals surface area contributed by atoms with Crippen LogP contribution in [0.1, 0.15) is 16.8 Å². The van der Waals surface area contributed by atoms with Gasteiger partial charge in [-0.3, -0.25) is 4.90 Å². The van der Waals surface area contributed by atoms with E-state index in [1.807, 2.05) is 6.07 Å². The molecule has 2 aromatic heterocycles. The van der Waals surface area contributed by atoms with E-state index in [2.05, 4.69) is 14.9 Å². The molecule has 1 N–H and O–H groups in total. The van der Waals surface area contributed by atoms with Crippen LogP contribution in [0, 0.1) is 0 Å². The van der Waals surface area contributed by atoms with E-state index in [0.717, 1.165) is 49.6 Å². The van der Waals surface area contributed by atoms with Crippen LogP contribution in [0.5, 0.6) is 5.88 Å². The van der Waals surface area contributed by atoms with Crippen molar-refractivity contribution >= 4 is 5.97 Å². The van der Waals surface area contributed by atoms with Crippen LogP contribution in [0.15, 0.2) is 29.3 Å². The number of hydrogen-bond donors (Lipinski definition) is 1. The molecule has 0 aliphatic carbocycles. The maximum absolute atomic E-state index is 10.6. The Hall–Kier alpha value is -2.62. The molecule has 7 nitrogen and oxygen atoms in total. The zero-order chi connectivity index (χ0) is 19.2. The number of fused-ring (bicyclic) bond motifs is 1. The van der Waals surface area contributed by atoms with E-state index in [1.54, 1.807) is 26.0 Å². The Labute approximate surface area is 147 Å². The Bertz CT molecular complexity index is 720. The van der Waals surface area contributed by atoms with Gasteiger partial charge in [0, 0.05) is 37.2 Å². The summed E-state index contributed by atoms with van der Waals surface area (Å²) in [5.74, 6) is -2.04. The molecule has 3 rings (SSSR count). The highest BCUT2D eigenvalue weighted by Crippen LogP contribution is 2.22. The predicted molar refractivity (Wildman–Crippen MR) is 83.7 cm³/mol. The first-order valence-electron chi connectivity index (χ1n) is 7.71. The van der Waals surface area contributed by atoms with E-state index in [4.69, 9.17) is 19.1 Å². The molecule has 0 aromatic carbocycles. The van der Waals surface area contributed by atoms with Crippen LogP contribution in [0.3, 0.4) is 0 Å². The summed E-state index contributed by atoms with van der Waals surface area (Å²) in [7, 11) is 1.66. The van der Waals surface area contributed by atoms with Crippen LogP contribution in [0.25, 0.3) is 0 Å². The van der Waals surface area contributed by atoms with Gasteiger partial charge >= 0.3 is 12.1 Å². The minimum Gasteiger partial charge on any atom is -0.481 e. The van der Waals surface area contributed by atoms with Crippen LogP contribution in [0.2, 0.25) is 0 Å². The molecule has 0 atom stereocenters. The lowest BCUT2D eigenvalue weighted by Gasteiger charge is -2.18. The van der Waals surface area contributed by atoms with Gasteiger partial charge in [0.25, 0.3) is 0 Å². The number of methoxy groups -OCH3 is 1. The molecule has 0 saturated carbocycles. The summed E-state index contributed by atoms with van der Waals surface area (Å²) in [5, 5.41) is 7.12. The largest absolute Gasteiger partial charge is 0.490 e. The monoisotopic (exact) mass is 373 g/mol. The molecule has 1 aliphatic rings. The first-order valence-corrected chi connectivity index (χ1v) is 7.71. The summed E-state index contributed by atoms with van der Waals surface area (Å²) in [6.45, 7) is 2.90. The van der Waals surface area contributed by atoms with E-state index < -0.39 is 12.1 Å². The van der Waals surface area contributed by atoms with Gasteiger partial charge in [0.15, 0.2) is 0 Å². The molecule has 0 bridgehead atoms. The molecule has 0 unspecified atom stereocenters. The number of hydrogen-bond acceptors (Lipinski definition) is 6. The fraction of sp³-hybridized carbons (Fsp3) is 0.438. The fourth-order valence-electron chi connectivity index (χ4n) is 2.52. The smallest absolute Gasteiger partial charge is 0.481 e. The van der Waals surface area contributed by atoms with Gasteiger partial charge in [0.2, 0.25) is 5.88 Å². The van der Waals surface area contributed by atoms with E-state index >= 15 is 0 Å². The number of carboxylic acid groups (broad SMARTS) is 1. The first kappa shape index (κ1) is 19.7. The number of halogens is 3. The molecule has 1 aliphatic heterocycles. The summed E-state index contributed by atoms with van der Waals surface area (Å²) < 4.78 is 42.2. The number of aromatic nitrogens is 2. The van der Waals surface area contributed by atoms with Gasteiger partial charge in [-0.05, 0) is 12.5 Å².